The van der Waals surface area contributed by atoms with Gasteiger partial charge in [0.15, 0.2) is 0 Å². The average Bonchev–Trinajstić information content (AvgIpc) is 2.68. The molecule has 1 aromatic carbocycles. The van der Waals surface area contributed by atoms with Gasteiger partial charge in [0.05, 0.1) is 28.0 Å². The molecular formula is C18H14Cl2F3N3O3S. The predicted octanol–water partition coefficient (Wildman–Crippen LogP) is 6.62. The van der Waals surface area contributed by atoms with Crippen LogP contribution in [0.25, 0.3) is 0 Å². The number of carbonyl (C=O) groups excluding carboxylic acids is 1. The fourth-order valence-corrected chi connectivity index (χ4v) is 3.09. The zero-order chi connectivity index (χ0) is 22.3. The van der Waals surface area contributed by atoms with Gasteiger partial charge in [0.2, 0.25) is 5.70 Å². The number of esters is 1. The Bertz CT molecular complexity index is 967. The fraction of sp³-hybridized carbons (Fsp3) is 0.222. The summed E-state index contributed by atoms with van der Waals surface area (Å²) in [5.41, 5.74) is -1.16. The maximum atomic E-state index is 12.6. The van der Waals surface area contributed by atoms with Crippen molar-refractivity contribution >= 4 is 46.6 Å². The minimum atomic E-state index is -4.50. The van der Waals surface area contributed by atoms with Gasteiger partial charge in [0.1, 0.15) is 11.4 Å². The molecule has 2 aromatic rings. The van der Waals surface area contributed by atoms with E-state index < -0.39 is 29.2 Å². The SMILES string of the molecule is CCOC(=O)C(N=Nc1ccc(Cl)cc1Cl)=C(O)CSc1ccc(C(F)(F)F)cn1. The number of hydrogen-bond donors (Lipinski definition) is 1. The lowest BCUT2D eigenvalue weighted by Gasteiger charge is -2.07. The zero-order valence-electron chi connectivity index (χ0n) is 15.3. The maximum absolute atomic E-state index is 12.6. The topological polar surface area (TPSA) is 84.1 Å². The highest BCUT2D eigenvalue weighted by molar-refractivity contribution is 7.99. The van der Waals surface area contributed by atoms with Gasteiger partial charge in [-0.2, -0.15) is 13.2 Å². The highest BCUT2D eigenvalue weighted by atomic mass is 35.5. The van der Waals surface area contributed by atoms with Crippen LogP contribution in [0.15, 0.2) is 63.2 Å². The number of azo groups is 1. The van der Waals surface area contributed by atoms with Crippen LogP contribution in [-0.2, 0) is 15.7 Å². The third-order valence-corrected chi connectivity index (χ3v) is 4.82. The van der Waals surface area contributed by atoms with Gasteiger partial charge in [0.25, 0.3) is 0 Å². The molecule has 2 rings (SSSR count). The molecule has 1 heterocycles. The first-order valence-corrected chi connectivity index (χ1v) is 9.98. The average molecular weight is 480 g/mol. The third-order valence-electron chi connectivity index (χ3n) is 3.33. The number of nitrogens with zero attached hydrogens (tertiary/aromatic N) is 3. The van der Waals surface area contributed by atoms with Crippen molar-refractivity contribution in [3.63, 3.8) is 0 Å². The van der Waals surface area contributed by atoms with Crippen LogP contribution >= 0.6 is 35.0 Å². The molecule has 1 N–H and O–H groups in total. The van der Waals surface area contributed by atoms with Crippen molar-refractivity contribution in [1.82, 2.24) is 4.98 Å². The monoisotopic (exact) mass is 479 g/mol. The van der Waals surface area contributed by atoms with Gasteiger partial charge in [-0.3, -0.25) is 0 Å². The second-order valence-corrected chi connectivity index (χ2v) is 7.32. The first-order valence-electron chi connectivity index (χ1n) is 8.24. The standard InChI is InChI=1S/C18H14Cl2F3N3O3S/c1-2-29-17(28)16(26-25-13-5-4-11(19)7-12(13)20)14(27)9-30-15-6-3-10(8-24-15)18(21,22)23/h3-8,27H,2,9H2,1H3. The Labute approximate surface area is 183 Å². The molecule has 12 heteroatoms. The highest BCUT2D eigenvalue weighted by Crippen LogP contribution is 2.31. The van der Waals surface area contributed by atoms with Crippen LogP contribution in [0.3, 0.4) is 0 Å². The maximum Gasteiger partial charge on any atom is 0.417 e. The number of ether oxygens (including phenoxy) is 1. The van der Waals surface area contributed by atoms with Crippen molar-refractivity contribution in [1.29, 1.82) is 0 Å². The predicted molar refractivity (Wildman–Crippen MR) is 107 cm³/mol. The summed E-state index contributed by atoms with van der Waals surface area (Å²) >= 11 is 12.7. The van der Waals surface area contributed by atoms with E-state index in [0.717, 1.165) is 23.9 Å². The number of benzene rings is 1. The second-order valence-electron chi connectivity index (χ2n) is 5.48. The van der Waals surface area contributed by atoms with Crippen LogP contribution in [0, 0.1) is 0 Å². The highest BCUT2D eigenvalue weighted by Gasteiger charge is 2.30. The lowest BCUT2D eigenvalue weighted by atomic mass is 10.3. The number of thioether (sulfide) groups is 1. The van der Waals surface area contributed by atoms with Gasteiger partial charge in [-0.1, -0.05) is 35.0 Å². The Hall–Kier alpha value is -2.30. The van der Waals surface area contributed by atoms with Crippen molar-refractivity contribution in [3.05, 3.63) is 63.6 Å². The van der Waals surface area contributed by atoms with Crippen LogP contribution in [0.2, 0.25) is 10.0 Å². The van der Waals surface area contributed by atoms with Gasteiger partial charge in [0, 0.05) is 11.2 Å². The Morgan fingerprint density at radius 3 is 2.57 bits per heavy atom. The van der Waals surface area contributed by atoms with E-state index in [1.54, 1.807) is 6.92 Å². The number of carbonyl (C=O) groups is 1. The van der Waals surface area contributed by atoms with Gasteiger partial charge >= 0.3 is 12.1 Å². The second kappa shape index (κ2) is 10.6. The lowest BCUT2D eigenvalue weighted by Crippen LogP contribution is -2.09. The van der Waals surface area contributed by atoms with Gasteiger partial charge in [-0.15, -0.1) is 10.2 Å². The number of hydrogen-bond acceptors (Lipinski definition) is 7. The summed E-state index contributed by atoms with van der Waals surface area (Å²) in [4.78, 5) is 15.8. The van der Waals surface area contributed by atoms with Crippen molar-refractivity contribution in [2.75, 3.05) is 12.4 Å². The number of aliphatic hydroxyl groups excluding tert-OH is 1. The molecular weight excluding hydrogens is 466 g/mol. The summed E-state index contributed by atoms with van der Waals surface area (Å²) in [5.74, 6) is -1.63. The Kier molecular flexibility index (Phi) is 8.51. The molecule has 0 aliphatic rings. The lowest BCUT2D eigenvalue weighted by molar-refractivity contribution is -0.139. The number of aliphatic hydroxyl groups is 1. The van der Waals surface area contributed by atoms with Gasteiger partial charge < -0.3 is 9.84 Å². The van der Waals surface area contributed by atoms with E-state index in [4.69, 9.17) is 27.9 Å². The molecule has 1 aromatic heterocycles. The molecule has 0 atom stereocenters. The summed E-state index contributed by atoms with van der Waals surface area (Å²) in [6.07, 6.45) is -3.82. The van der Waals surface area contributed by atoms with Crippen LogP contribution in [0.4, 0.5) is 18.9 Å². The van der Waals surface area contributed by atoms with Crippen LogP contribution < -0.4 is 0 Å². The van der Waals surface area contributed by atoms with Crippen molar-refractivity contribution < 1.29 is 27.8 Å². The molecule has 0 amide bonds. The summed E-state index contributed by atoms with van der Waals surface area (Å²) in [7, 11) is 0. The van der Waals surface area contributed by atoms with E-state index in [9.17, 15) is 23.1 Å². The van der Waals surface area contributed by atoms with E-state index in [0.29, 0.717) is 11.2 Å². The molecule has 0 spiro atoms. The third kappa shape index (κ3) is 6.89. The Morgan fingerprint density at radius 1 is 1.27 bits per heavy atom. The van der Waals surface area contributed by atoms with Crippen molar-refractivity contribution in [3.8, 4) is 0 Å². The fourth-order valence-electron chi connectivity index (χ4n) is 1.93. The van der Waals surface area contributed by atoms with Gasteiger partial charge in [-0.05, 0) is 37.3 Å². The molecule has 0 unspecified atom stereocenters. The molecule has 0 saturated heterocycles. The number of aromatic nitrogens is 1. The summed E-state index contributed by atoms with van der Waals surface area (Å²) in [6.45, 7) is 1.60. The Balaban J connectivity index is 2.21. The molecule has 6 nitrogen and oxygen atoms in total. The van der Waals surface area contributed by atoms with E-state index >= 15 is 0 Å². The minimum absolute atomic E-state index is 0.0282. The first-order chi connectivity index (χ1) is 14.1. The molecule has 0 aliphatic heterocycles. The van der Waals surface area contributed by atoms with Crippen LogP contribution in [0.1, 0.15) is 12.5 Å². The van der Waals surface area contributed by atoms with Crippen LogP contribution in [-0.4, -0.2) is 28.4 Å². The van der Waals surface area contributed by atoms with Crippen molar-refractivity contribution in [2.45, 2.75) is 18.1 Å². The Morgan fingerprint density at radius 2 is 2.00 bits per heavy atom. The largest absolute Gasteiger partial charge is 0.509 e. The number of pyridine rings is 1. The molecule has 0 saturated carbocycles. The quantitative estimate of drug-likeness (QED) is 0.158. The van der Waals surface area contributed by atoms with Gasteiger partial charge in [-0.25, -0.2) is 9.78 Å². The molecule has 0 bridgehead atoms. The smallest absolute Gasteiger partial charge is 0.417 e. The number of rotatable bonds is 7. The van der Waals surface area contributed by atoms with E-state index in [1.165, 1.54) is 18.2 Å². The van der Waals surface area contributed by atoms with Crippen LogP contribution in [0.5, 0.6) is 0 Å². The van der Waals surface area contributed by atoms with Crippen molar-refractivity contribution in [2.24, 2.45) is 10.2 Å². The number of alkyl halides is 3. The van der Waals surface area contributed by atoms with E-state index in [1.807, 2.05) is 0 Å². The summed E-state index contributed by atoms with van der Waals surface area (Å²) < 4.78 is 42.6. The normalized spacial score (nSPS) is 12.7. The first kappa shape index (κ1) is 24.0. The molecule has 0 aliphatic carbocycles. The van der Waals surface area contributed by atoms with E-state index in [-0.39, 0.29) is 28.1 Å². The van der Waals surface area contributed by atoms with E-state index in [2.05, 4.69) is 15.2 Å². The molecule has 30 heavy (non-hydrogen) atoms. The summed E-state index contributed by atoms with van der Waals surface area (Å²) in [6, 6.07) is 6.43. The molecule has 160 valence electrons. The summed E-state index contributed by atoms with van der Waals surface area (Å²) in [5, 5.41) is 18.6. The zero-order valence-corrected chi connectivity index (χ0v) is 17.6. The molecule has 0 fully saturated rings. The minimum Gasteiger partial charge on any atom is -0.509 e. The number of halogens is 5. The molecule has 0 radical (unpaired) electrons.